The zero-order valence-corrected chi connectivity index (χ0v) is 9.65. The van der Waals surface area contributed by atoms with Crippen LogP contribution in [0.2, 0.25) is 5.02 Å². The highest BCUT2D eigenvalue weighted by atomic mass is 35.5. The summed E-state index contributed by atoms with van der Waals surface area (Å²) < 4.78 is 4.21. The van der Waals surface area contributed by atoms with Crippen molar-refractivity contribution in [2.45, 2.75) is 13.3 Å². The summed E-state index contributed by atoms with van der Waals surface area (Å²) in [6.07, 6.45) is 0.453. The smallest absolute Gasteiger partial charge is 0.224 e. The molecular weight excluding hydrogens is 232 g/mol. The number of nitrogens with one attached hydrogen (secondary N) is 1. The van der Waals surface area contributed by atoms with Crippen molar-refractivity contribution < 1.29 is 4.79 Å². The molecular formula is C10H9ClN2OS. The Labute approximate surface area is 96.2 Å². The van der Waals surface area contributed by atoms with Gasteiger partial charge >= 0.3 is 0 Å². The van der Waals surface area contributed by atoms with Crippen molar-refractivity contribution in [3.05, 3.63) is 22.5 Å². The van der Waals surface area contributed by atoms with Crippen LogP contribution in [0.4, 0.5) is 5.69 Å². The molecule has 0 unspecified atom stereocenters. The van der Waals surface area contributed by atoms with Gasteiger partial charge in [0.15, 0.2) is 0 Å². The number of carbonyl (C=O) groups is 1. The van der Waals surface area contributed by atoms with Crippen LogP contribution in [-0.4, -0.2) is 10.3 Å². The van der Waals surface area contributed by atoms with Crippen molar-refractivity contribution in [2.24, 2.45) is 0 Å². The maximum absolute atomic E-state index is 11.3. The molecule has 0 aliphatic heterocycles. The molecule has 78 valence electrons. The van der Waals surface area contributed by atoms with Crippen molar-refractivity contribution >= 4 is 45.6 Å². The zero-order chi connectivity index (χ0) is 10.8. The van der Waals surface area contributed by atoms with Crippen LogP contribution in [0.25, 0.3) is 10.9 Å². The van der Waals surface area contributed by atoms with E-state index < -0.39 is 0 Å². The van der Waals surface area contributed by atoms with Crippen LogP contribution < -0.4 is 5.32 Å². The summed E-state index contributed by atoms with van der Waals surface area (Å²) in [5.74, 6) is -0.0216. The second kappa shape index (κ2) is 4.16. The van der Waals surface area contributed by atoms with Gasteiger partial charge in [0.25, 0.3) is 0 Å². The van der Waals surface area contributed by atoms with Gasteiger partial charge in [-0.15, -0.1) is 0 Å². The van der Waals surface area contributed by atoms with Gasteiger partial charge in [0.05, 0.1) is 10.7 Å². The minimum absolute atomic E-state index is 0.0216. The fraction of sp³-hybridized carbons (Fsp3) is 0.200. The lowest BCUT2D eigenvalue weighted by atomic mass is 10.2. The number of fused-ring (bicyclic) bond motifs is 1. The minimum atomic E-state index is -0.0216. The summed E-state index contributed by atoms with van der Waals surface area (Å²) in [6, 6.07) is 3.54. The Kier molecular flexibility index (Phi) is 2.88. The molecule has 1 N–H and O–H groups in total. The van der Waals surface area contributed by atoms with E-state index in [4.69, 9.17) is 11.6 Å². The maximum atomic E-state index is 11.3. The predicted octanol–water partition coefficient (Wildman–Crippen LogP) is 3.30. The monoisotopic (exact) mass is 240 g/mol. The SMILES string of the molecule is CCC(=O)Nc1ccc(Cl)c2csnc12. The summed E-state index contributed by atoms with van der Waals surface area (Å²) in [5.41, 5.74) is 1.48. The average molecular weight is 241 g/mol. The Bertz CT molecular complexity index is 509. The normalized spacial score (nSPS) is 10.5. The molecule has 2 rings (SSSR count). The van der Waals surface area contributed by atoms with Crippen molar-refractivity contribution in [2.75, 3.05) is 5.32 Å². The van der Waals surface area contributed by atoms with E-state index in [1.165, 1.54) is 11.5 Å². The summed E-state index contributed by atoms with van der Waals surface area (Å²) in [7, 11) is 0. The second-order valence-corrected chi connectivity index (χ2v) is 4.11. The van der Waals surface area contributed by atoms with Gasteiger partial charge in [-0.3, -0.25) is 4.79 Å². The maximum Gasteiger partial charge on any atom is 0.224 e. The molecule has 1 aromatic heterocycles. The Morgan fingerprint density at radius 3 is 3.13 bits per heavy atom. The molecule has 2 aromatic rings. The molecule has 0 fully saturated rings. The third-order valence-electron chi connectivity index (χ3n) is 2.07. The van der Waals surface area contributed by atoms with Crippen LogP contribution in [0.5, 0.6) is 0 Å². The number of benzene rings is 1. The lowest BCUT2D eigenvalue weighted by Crippen LogP contribution is -2.09. The number of halogens is 1. The number of carbonyl (C=O) groups excluding carboxylic acids is 1. The largest absolute Gasteiger partial charge is 0.324 e. The van der Waals surface area contributed by atoms with Gasteiger partial charge in [-0.05, 0) is 23.7 Å². The fourth-order valence-corrected chi connectivity index (χ4v) is 2.24. The number of amides is 1. The predicted molar refractivity (Wildman–Crippen MR) is 63.6 cm³/mol. The first kappa shape index (κ1) is 10.4. The zero-order valence-electron chi connectivity index (χ0n) is 8.08. The van der Waals surface area contributed by atoms with E-state index in [0.29, 0.717) is 11.4 Å². The molecule has 15 heavy (non-hydrogen) atoms. The van der Waals surface area contributed by atoms with Gasteiger partial charge in [-0.25, -0.2) is 0 Å². The van der Waals surface area contributed by atoms with E-state index >= 15 is 0 Å². The second-order valence-electron chi connectivity index (χ2n) is 3.07. The number of anilines is 1. The first-order chi connectivity index (χ1) is 7.22. The third-order valence-corrected chi connectivity index (χ3v) is 3.03. The average Bonchev–Trinajstić information content (AvgIpc) is 2.71. The van der Waals surface area contributed by atoms with Crippen LogP contribution in [0.3, 0.4) is 0 Å². The number of hydrogen-bond donors (Lipinski definition) is 1. The quantitative estimate of drug-likeness (QED) is 0.875. The van der Waals surface area contributed by atoms with Crippen LogP contribution in [0.15, 0.2) is 17.5 Å². The molecule has 1 heterocycles. The molecule has 0 radical (unpaired) electrons. The molecule has 0 aliphatic carbocycles. The van der Waals surface area contributed by atoms with Gasteiger partial charge in [-0.2, -0.15) is 4.37 Å². The molecule has 0 atom stereocenters. The molecule has 1 amide bonds. The summed E-state index contributed by atoms with van der Waals surface area (Å²) in [4.78, 5) is 11.3. The van der Waals surface area contributed by atoms with Crippen molar-refractivity contribution in [3.8, 4) is 0 Å². The molecule has 1 aromatic carbocycles. The van der Waals surface area contributed by atoms with Gasteiger partial charge in [0.2, 0.25) is 5.91 Å². The highest BCUT2D eigenvalue weighted by molar-refractivity contribution is 7.05. The first-order valence-corrected chi connectivity index (χ1v) is 5.76. The van der Waals surface area contributed by atoms with Gasteiger partial charge in [0.1, 0.15) is 5.52 Å². The first-order valence-electron chi connectivity index (χ1n) is 4.55. The van der Waals surface area contributed by atoms with E-state index in [9.17, 15) is 4.79 Å². The van der Waals surface area contributed by atoms with Gasteiger partial charge < -0.3 is 5.32 Å². The van der Waals surface area contributed by atoms with E-state index in [1.807, 2.05) is 12.3 Å². The number of nitrogens with zero attached hydrogens (tertiary/aromatic N) is 1. The summed E-state index contributed by atoms with van der Waals surface area (Å²) in [6.45, 7) is 1.81. The number of hydrogen-bond acceptors (Lipinski definition) is 3. The standard InChI is InChI=1S/C10H9ClN2OS/c1-2-9(14)12-8-4-3-7(11)6-5-15-13-10(6)8/h3-5H,2H2,1H3,(H,12,14). The van der Waals surface area contributed by atoms with Gasteiger partial charge in [-0.1, -0.05) is 18.5 Å². The third kappa shape index (κ3) is 1.96. The Balaban J connectivity index is 2.48. The minimum Gasteiger partial charge on any atom is -0.324 e. The number of rotatable bonds is 2. The Morgan fingerprint density at radius 2 is 2.40 bits per heavy atom. The molecule has 0 bridgehead atoms. The molecule has 3 nitrogen and oxygen atoms in total. The highest BCUT2D eigenvalue weighted by Crippen LogP contribution is 2.30. The molecule has 0 saturated heterocycles. The van der Waals surface area contributed by atoms with Crippen molar-refractivity contribution in [1.82, 2.24) is 4.37 Å². The van der Waals surface area contributed by atoms with Crippen molar-refractivity contribution in [3.63, 3.8) is 0 Å². The van der Waals surface area contributed by atoms with Gasteiger partial charge in [0, 0.05) is 17.2 Å². The van der Waals surface area contributed by atoms with E-state index in [2.05, 4.69) is 9.69 Å². The van der Waals surface area contributed by atoms with E-state index in [1.54, 1.807) is 12.1 Å². The van der Waals surface area contributed by atoms with Crippen LogP contribution >= 0.6 is 23.1 Å². The summed E-state index contributed by atoms with van der Waals surface area (Å²) >= 11 is 7.32. The van der Waals surface area contributed by atoms with Crippen LogP contribution in [0, 0.1) is 0 Å². The number of aromatic nitrogens is 1. The lowest BCUT2D eigenvalue weighted by molar-refractivity contribution is -0.115. The molecule has 0 aliphatic rings. The lowest BCUT2D eigenvalue weighted by Gasteiger charge is -2.04. The van der Waals surface area contributed by atoms with E-state index in [-0.39, 0.29) is 5.91 Å². The molecule has 5 heteroatoms. The Morgan fingerprint density at radius 1 is 1.60 bits per heavy atom. The fourth-order valence-electron chi connectivity index (χ4n) is 1.27. The highest BCUT2D eigenvalue weighted by Gasteiger charge is 2.08. The topological polar surface area (TPSA) is 42.0 Å². The van der Waals surface area contributed by atoms with Crippen molar-refractivity contribution in [1.29, 1.82) is 0 Å². The molecule has 0 saturated carbocycles. The van der Waals surface area contributed by atoms with E-state index in [0.717, 1.165) is 16.6 Å². The molecule has 0 spiro atoms. The van der Waals surface area contributed by atoms with Crippen LogP contribution in [0.1, 0.15) is 13.3 Å². The summed E-state index contributed by atoms with van der Waals surface area (Å²) in [5, 5.41) is 6.21. The van der Waals surface area contributed by atoms with Crippen LogP contribution in [-0.2, 0) is 4.79 Å². The Hall–Kier alpha value is -1.13.